The number of anilines is 1. The number of nitrogens with one attached hydrogen (secondary N) is 1. The van der Waals surface area contributed by atoms with Crippen LogP contribution < -0.4 is 20.9 Å². The van der Waals surface area contributed by atoms with Gasteiger partial charge in [-0.1, -0.05) is 0 Å². The van der Waals surface area contributed by atoms with Gasteiger partial charge >= 0.3 is 5.69 Å². The molecule has 2 heterocycles. The van der Waals surface area contributed by atoms with E-state index in [1.807, 2.05) is 4.98 Å². The summed E-state index contributed by atoms with van der Waals surface area (Å²) < 4.78 is 50.3. The van der Waals surface area contributed by atoms with E-state index in [1.165, 1.54) is 30.4 Å². The van der Waals surface area contributed by atoms with Crippen LogP contribution in [0.3, 0.4) is 0 Å². The highest BCUT2D eigenvalue weighted by Gasteiger charge is 2.40. The molecule has 0 bridgehead atoms. The number of aromatic nitrogens is 2. The molecule has 1 saturated heterocycles. The minimum Gasteiger partial charge on any atom is -0.492 e. The number of rotatable bonds is 6. The summed E-state index contributed by atoms with van der Waals surface area (Å²) in [6.07, 6.45) is -2.83. The molecule has 8 nitrogen and oxygen atoms in total. The first kappa shape index (κ1) is 22.7. The SMILES string of the molecule is COc1c(N2CCC(C(O)C(C)(C)O)C2)c(F)c(C(F)F)c2c(=O)[nH]c(=O)n(C3CC3)c12. The number of nitrogens with zero attached hydrogens (tertiary/aromatic N) is 2. The summed E-state index contributed by atoms with van der Waals surface area (Å²) >= 11 is 0. The number of aliphatic hydroxyl groups excluding tert-OH is 1. The molecule has 1 saturated carbocycles. The van der Waals surface area contributed by atoms with Crippen molar-refractivity contribution >= 4 is 16.6 Å². The summed E-state index contributed by atoms with van der Waals surface area (Å²) in [7, 11) is 1.22. The molecule has 2 atom stereocenters. The van der Waals surface area contributed by atoms with Crippen LogP contribution in [-0.2, 0) is 0 Å². The number of fused-ring (bicyclic) bond motifs is 1. The molecule has 2 unspecified atom stereocenters. The fourth-order valence-corrected chi connectivity index (χ4v) is 4.66. The third kappa shape index (κ3) is 3.57. The maximum Gasteiger partial charge on any atom is 0.329 e. The number of hydrogen-bond donors (Lipinski definition) is 3. The molecule has 1 aliphatic heterocycles. The van der Waals surface area contributed by atoms with Crippen LogP contribution >= 0.6 is 0 Å². The van der Waals surface area contributed by atoms with Crippen molar-refractivity contribution in [2.24, 2.45) is 5.92 Å². The number of hydrogen-bond acceptors (Lipinski definition) is 6. The summed E-state index contributed by atoms with van der Waals surface area (Å²) in [6.45, 7) is 3.18. The van der Waals surface area contributed by atoms with Crippen LogP contribution in [0.4, 0.5) is 18.9 Å². The van der Waals surface area contributed by atoms with Crippen molar-refractivity contribution in [3.8, 4) is 5.75 Å². The van der Waals surface area contributed by atoms with E-state index in [0.29, 0.717) is 19.3 Å². The zero-order chi connectivity index (χ0) is 23.5. The zero-order valence-corrected chi connectivity index (χ0v) is 18.0. The Labute approximate surface area is 181 Å². The lowest BCUT2D eigenvalue weighted by molar-refractivity contribution is -0.0723. The van der Waals surface area contributed by atoms with Gasteiger partial charge in [0.2, 0.25) is 0 Å². The van der Waals surface area contributed by atoms with Crippen LogP contribution in [0.25, 0.3) is 10.9 Å². The summed E-state index contributed by atoms with van der Waals surface area (Å²) in [5.41, 5.74) is -4.78. The summed E-state index contributed by atoms with van der Waals surface area (Å²) in [4.78, 5) is 28.6. The maximum absolute atomic E-state index is 15.6. The van der Waals surface area contributed by atoms with Gasteiger partial charge in [0.15, 0.2) is 11.6 Å². The molecule has 2 aliphatic rings. The van der Waals surface area contributed by atoms with E-state index in [9.17, 15) is 28.6 Å². The summed E-state index contributed by atoms with van der Waals surface area (Å²) in [5, 5.41) is 20.0. The molecule has 4 rings (SSSR count). The number of aromatic amines is 1. The summed E-state index contributed by atoms with van der Waals surface area (Å²) in [5.74, 6) is -1.92. The molecule has 2 aromatic rings. The van der Waals surface area contributed by atoms with Gasteiger partial charge in [0.1, 0.15) is 11.2 Å². The van der Waals surface area contributed by atoms with E-state index in [1.54, 1.807) is 0 Å². The normalized spacial score (nSPS) is 20.4. The van der Waals surface area contributed by atoms with Gasteiger partial charge in [-0.3, -0.25) is 14.3 Å². The number of H-pyrrole nitrogens is 1. The Kier molecular flexibility index (Phi) is 5.52. The second-order valence-corrected chi connectivity index (χ2v) is 9.09. The van der Waals surface area contributed by atoms with Gasteiger partial charge in [-0.15, -0.1) is 0 Å². The van der Waals surface area contributed by atoms with Crippen LogP contribution in [-0.4, -0.2) is 51.7 Å². The molecule has 1 aliphatic carbocycles. The van der Waals surface area contributed by atoms with Crippen molar-refractivity contribution in [1.82, 2.24) is 9.55 Å². The van der Waals surface area contributed by atoms with Crippen molar-refractivity contribution in [2.45, 2.75) is 57.3 Å². The highest BCUT2D eigenvalue weighted by Crippen LogP contribution is 2.47. The van der Waals surface area contributed by atoms with Crippen LogP contribution in [0.15, 0.2) is 9.59 Å². The lowest BCUT2D eigenvalue weighted by atomic mass is 9.89. The van der Waals surface area contributed by atoms with E-state index in [4.69, 9.17) is 4.74 Å². The van der Waals surface area contributed by atoms with Crippen LogP contribution in [0, 0.1) is 11.7 Å². The Balaban J connectivity index is 1.98. The number of ether oxygens (including phenoxy) is 1. The van der Waals surface area contributed by atoms with Crippen molar-refractivity contribution in [1.29, 1.82) is 0 Å². The van der Waals surface area contributed by atoms with Gasteiger partial charge in [0, 0.05) is 25.0 Å². The van der Waals surface area contributed by atoms with Crippen molar-refractivity contribution in [3.63, 3.8) is 0 Å². The lowest BCUT2D eigenvalue weighted by Crippen LogP contribution is -2.42. The van der Waals surface area contributed by atoms with Gasteiger partial charge in [-0.05, 0) is 33.1 Å². The van der Waals surface area contributed by atoms with E-state index < -0.39 is 52.1 Å². The molecular weight excluding hydrogens is 431 g/mol. The summed E-state index contributed by atoms with van der Waals surface area (Å²) in [6, 6.07) is -0.303. The minimum absolute atomic E-state index is 0.0729. The van der Waals surface area contributed by atoms with Crippen LogP contribution in [0.2, 0.25) is 0 Å². The van der Waals surface area contributed by atoms with Gasteiger partial charge < -0.3 is 19.8 Å². The Morgan fingerprint density at radius 1 is 1.22 bits per heavy atom. The maximum atomic E-state index is 15.6. The Morgan fingerprint density at radius 2 is 1.88 bits per heavy atom. The zero-order valence-electron chi connectivity index (χ0n) is 18.0. The van der Waals surface area contributed by atoms with Gasteiger partial charge in [-0.2, -0.15) is 0 Å². The molecular formula is C21H26F3N3O5. The van der Waals surface area contributed by atoms with Crippen molar-refractivity contribution < 1.29 is 28.1 Å². The fourth-order valence-electron chi connectivity index (χ4n) is 4.66. The number of aliphatic hydroxyl groups is 2. The van der Waals surface area contributed by atoms with Crippen molar-refractivity contribution in [3.05, 3.63) is 32.2 Å². The topological polar surface area (TPSA) is 108 Å². The number of halogens is 3. The molecule has 32 heavy (non-hydrogen) atoms. The molecule has 3 N–H and O–H groups in total. The number of alkyl halides is 2. The molecule has 0 amide bonds. The number of benzene rings is 1. The standard InChI is InChI=1S/C21H26F3N3O5/c1-21(2,31)17(28)9-6-7-26(8-9)15-13(22)11(18(23)24)12-14(16(15)32-3)27(10-4-5-10)20(30)25-19(12)29/h9-10,17-18,28,31H,4-8H2,1-3H3,(H,25,29,30). The van der Waals surface area contributed by atoms with Gasteiger partial charge in [-0.25, -0.2) is 18.0 Å². The first-order chi connectivity index (χ1) is 15.0. The van der Waals surface area contributed by atoms with E-state index in [-0.39, 0.29) is 36.1 Å². The average Bonchev–Trinajstić information content (AvgIpc) is 3.41. The molecule has 0 spiro atoms. The van der Waals surface area contributed by atoms with Gasteiger partial charge in [0.25, 0.3) is 12.0 Å². The Bertz CT molecular complexity index is 1170. The highest BCUT2D eigenvalue weighted by molar-refractivity contribution is 5.94. The lowest BCUT2D eigenvalue weighted by Gasteiger charge is -2.30. The third-order valence-electron chi connectivity index (χ3n) is 6.33. The predicted molar refractivity (Wildman–Crippen MR) is 111 cm³/mol. The largest absolute Gasteiger partial charge is 0.492 e. The van der Waals surface area contributed by atoms with Crippen molar-refractivity contribution in [2.75, 3.05) is 25.1 Å². The van der Waals surface area contributed by atoms with E-state index >= 15 is 4.39 Å². The second kappa shape index (κ2) is 7.80. The average molecular weight is 457 g/mol. The molecule has 1 aromatic heterocycles. The quantitative estimate of drug-likeness (QED) is 0.613. The smallest absolute Gasteiger partial charge is 0.329 e. The first-order valence-electron chi connectivity index (χ1n) is 10.5. The second-order valence-electron chi connectivity index (χ2n) is 9.09. The fraction of sp³-hybridized carbons (Fsp3) is 0.619. The van der Waals surface area contributed by atoms with Crippen LogP contribution in [0.5, 0.6) is 5.75 Å². The Hall–Kier alpha value is -2.53. The van der Waals surface area contributed by atoms with E-state index in [2.05, 4.69) is 0 Å². The van der Waals surface area contributed by atoms with Crippen LogP contribution in [0.1, 0.15) is 51.1 Å². The molecule has 176 valence electrons. The molecule has 1 aromatic carbocycles. The minimum atomic E-state index is -3.31. The van der Waals surface area contributed by atoms with E-state index in [0.717, 1.165) is 0 Å². The van der Waals surface area contributed by atoms with Gasteiger partial charge in [0.05, 0.1) is 29.8 Å². The highest BCUT2D eigenvalue weighted by atomic mass is 19.3. The monoisotopic (exact) mass is 457 g/mol. The third-order valence-corrected chi connectivity index (χ3v) is 6.33. The predicted octanol–water partition coefficient (Wildman–Crippen LogP) is 2.07. The first-order valence-corrected chi connectivity index (χ1v) is 10.5. The Morgan fingerprint density at radius 3 is 2.41 bits per heavy atom. The molecule has 11 heteroatoms. The molecule has 0 radical (unpaired) electrons. The number of methoxy groups -OCH3 is 1. The molecule has 2 fully saturated rings.